The van der Waals surface area contributed by atoms with Gasteiger partial charge in [-0.1, -0.05) is 24.0 Å². The lowest BCUT2D eigenvalue weighted by molar-refractivity contribution is 1.62. The summed E-state index contributed by atoms with van der Waals surface area (Å²) in [5.74, 6) is 0. The normalized spacial score (nSPS) is 11.0. The number of rotatable bonds is 3. The molecule has 0 bridgehead atoms. The summed E-state index contributed by atoms with van der Waals surface area (Å²) in [6, 6.07) is 0. The first-order chi connectivity index (χ1) is 4.35. The summed E-state index contributed by atoms with van der Waals surface area (Å²) < 4.78 is 0. The second-order valence-corrected chi connectivity index (χ2v) is 3.52. The molecule has 9 heavy (non-hydrogen) atoms. The van der Waals surface area contributed by atoms with Gasteiger partial charge in [0.15, 0.2) is 0 Å². The van der Waals surface area contributed by atoms with E-state index in [0.717, 1.165) is 5.04 Å². The van der Waals surface area contributed by atoms with Crippen LogP contribution in [0.2, 0.25) is 0 Å². The van der Waals surface area contributed by atoms with Crippen LogP contribution in [0.3, 0.4) is 0 Å². The number of nitrogens with zero attached hydrogens (tertiary/aromatic N) is 1. The van der Waals surface area contributed by atoms with Crippen molar-refractivity contribution in [1.82, 2.24) is 0 Å². The van der Waals surface area contributed by atoms with Gasteiger partial charge in [-0.2, -0.15) is 0 Å². The molecule has 0 radical (unpaired) electrons. The van der Waals surface area contributed by atoms with E-state index in [1.54, 1.807) is 27.7 Å². The molecule has 0 spiro atoms. The largest absolute Gasteiger partial charge is 0.250 e. The zero-order valence-corrected chi connectivity index (χ0v) is 6.97. The van der Waals surface area contributed by atoms with E-state index in [1.165, 1.54) is 6.20 Å². The van der Waals surface area contributed by atoms with Crippen molar-refractivity contribution in [1.29, 1.82) is 0 Å². The maximum Gasteiger partial charge on any atom is 0.106 e. The Morgan fingerprint density at radius 2 is 2.22 bits per heavy atom. The molecule has 0 atom stereocenters. The molecule has 0 fully saturated rings. The van der Waals surface area contributed by atoms with Gasteiger partial charge in [0, 0.05) is 6.20 Å². The highest BCUT2D eigenvalue weighted by atomic mass is 33.1. The Hall–Kier alpha value is -0.150. The molecule has 0 aliphatic heterocycles. The molecule has 0 saturated carbocycles. The quantitative estimate of drug-likeness (QED) is 0.356. The van der Waals surface area contributed by atoms with Crippen molar-refractivity contribution in [3.8, 4) is 0 Å². The number of aliphatic imine (C=N–C) groups is 1. The lowest BCUT2D eigenvalue weighted by Crippen LogP contribution is -1.78. The molecule has 0 aliphatic rings. The fourth-order valence-electron chi connectivity index (χ4n) is 0.284. The van der Waals surface area contributed by atoms with Crippen molar-refractivity contribution in [3.63, 3.8) is 0 Å². The van der Waals surface area contributed by atoms with Crippen LogP contribution in [0.1, 0.15) is 0 Å². The van der Waals surface area contributed by atoms with Crippen LogP contribution >= 0.6 is 21.6 Å². The van der Waals surface area contributed by atoms with E-state index in [9.17, 15) is 0 Å². The molecule has 3 heteroatoms. The molecule has 0 aromatic heterocycles. The summed E-state index contributed by atoms with van der Waals surface area (Å²) in [6.45, 7) is 7.06. The van der Waals surface area contributed by atoms with Crippen LogP contribution in [0.4, 0.5) is 0 Å². The van der Waals surface area contributed by atoms with Gasteiger partial charge < -0.3 is 0 Å². The van der Waals surface area contributed by atoms with Crippen LogP contribution < -0.4 is 0 Å². The van der Waals surface area contributed by atoms with Gasteiger partial charge >= 0.3 is 0 Å². The predicted octanol–water partition coefficient (Wildman–Crippen LogP) is 2.73. The molecule has 0 N–H and O–H groups in total. The van der Waals surface area contributed by atoms with Crippen LogP contribution in [0.25, 0.3) is 0 Å². The Morgan fingerprint density at radius 3 is 2.56 bits per heavy atom. The molecule has 50 valence electrons. The molecular weight excluding hydrogens is 150 g/mol. The molecule has 0 unspecified atom stereocenters. The van der Waals surface area contributed by atoms with Gasteiger partial charge in [-0.3, -0.25) is 0 Å². The summed E-state index contributed by atoms with van der Waals surface area (Å²) in [7, 11) is 3.22. The smallest absolute Gasteiger partial charge is 0.106 e. The molecule has 0 saturated heterocycles. The van der Waals surface area contributed by atoms with Gasteiger partial charge in [-0.05, 0) is 23.1 Å². The molecular formula is C6H9NS2. The van der Waals surface area contributed by atoms with Crippen molar-refractivity contribution in [2.45, 2.75) is 0 Å². The van der Waals surface area contributed by atoms with Crippen LogP contribution in [-0.2, 0) is 0 Å². The van der Waals surface area contributed by atoms with E-state index in [1.807, 2.05) is 6.26 Å². The minimum Gasteiger partial charge on any atom is -0.250 e. The van der Waals surface area contributed by atoms with Gasteiger partial charge in [0.2, 0.25) is 0 Å². The van der Waals surface area contributed by atoms with E-state index in [0.29, 0.717) is 0 Å². The van der Waals surface area contributed by atoms with Crippen LogP contribution in [0, 0.1) is 0 Å². The minimum atomic E-state index is 0.900. The third kappa shape index (κ3) is 4.36. The zero-order chi connectivity index (χ0) is 7.11. The fourth-order valence-corrected chi connectivity index (χ4v) is 1.49. The maximum absolute atomic E-state index is 3.94. The topological polar surface area (TPSA) is 12.4 Å². The van der Waals surface area contributed by atoms with Gasteiger partial charge in [0.1, 0.15) is 5.04 Å². The van der Waals surface area contributed by atoms with Crippen molar-refractivity contribution >= 4 is 26.6 Å². The molecule has 1 nitrogen and oxygen atoms in total. The maximum atomic E-state index is 3.94. The first-order valence-corrected chi connectivity index (χ1v) is 4.92. The summed E-state index contributed by atoms with van der Waals surface area (Å²) in [5.41, 5.74) is 0. The van der Waals surface area contributed by atoms with Crippen LogP contribution in [-0.4, -0.2) is 11.3 Å². The molecule has 0 aromatic rings. The second-order valence-electron chi connectivity index (χ2n) is 1.10. The average molecular weight is 159 g/mol. The fraction of sp³-hybridized carbons (Fsp3) is 0.167. The molecule has 0 heterocycles. The summed E-state index contributed by atoms with van der Waals surface area (Å²) in [4.78, 5) is 3.94. The predicted molar refractivity (Wildman–Crippen MR) is 48.9 cm³/mol. The Bertz CT molecular complexity index is 129. The third-order valence-electron chi connectivity index (χ3n) is 0.562. The first-order valence-electron chi connectivity index (χ1n) is 2.37. The second kappa shape index (κ2) is 5.98. The minimum absolute atomic E-state index is 0.900. The monoisotopic (exact) mass is 159 g/mol. The molecule has 0 aliphatic carbocycles. The van der Waals surface area contributed by atoms with Gasteiger partial charge in [-0.25, -0.2) is 4.99 Å². The van der Waals surface area contributed by atoms with Crippen LogP contribution in [0.15, 0.2) is 30.4 Å². The van der Waals surface area contributed by atoms with Gasteiger partial charge in [0.05, 0.1) is 0 Å². The zero-order valence-electron chi connectivity index (χ0n) is 5.33. The first kappa shape index (κ1) is 8.85. The van der Waals surface area contributed by atoms with Crippen molar-refractivity contribution in [3.05, 3.63) is 25.4 Å². The van der Waals surface area contributed by atoms with Crippen molar-refractivity contribution in [2.75, 3.05) is 6.26 Å². The SMILES string of the molecule is C=CN=C(C=C)SSC. The summed E-state index contributed by atoms with van der Waals surface area (Å²) in [5, 5.41) is 0.900. The number of hydrogen-bond acceptors (Lipinski definition) is 3. The Morgan fingerprint density at radius 1 is 1.56 bits per heavy atom. The third-order valence-corrected chi connectivity index (χ3v) is 2.18. The standard InChI is InChI=1S/C6H9NS2/c1-4-6(7-5-2)9-8-3/h4-5H,1-2H2,3H3. The molecule has 0 aromatic carbocycles. The van der Waals surface area contributed by atoms with Crippen molar-refractivity contribution in [2.24, 2.45) is 4.99 Å². The van der Waals surface area contributed by atoms with Crippen LogP contribution in [0.5, 0.6) is 0 Å². The Kier molecular flexibility index (Phi) is 5.88. The molecule has 0 rings (SSSR count). The lowest BCUT2D eigenvalue weighted by atomic mass is 10.7. The number of hydrogen-bond donors (Lipinski definition) is 0. The highest BCUT2D eigenvalue weighted by Gasteiger charge is 1.88. The van der Waals surface area contributed by atoms with E-state index in [-0.39, 0.29) is 0 Å². The van der Waals surface area contributed by atoms with E-state index in [4.69, 9.17) is 0 Å². The lowest BCUT2D eigenvalue weighted by Gasteiger charge is -1.91. The highest BCUT2D eigenvalue weighted by molar-refractivity contribution is 8.82. The Labute approximate surface area is 63.7 Å². The van der Waals surface area contributed by atoms with Gasteiger partial charge in [-0.15, -0.1) is 0 Å². The van der Waals surface area contributed by atoms with Crippen molar-refractivity contribution < 1.29 is 0 Å². The van der Waals surface area contributed by atoms with E-state index < -0.39 is 0 Å². The summed E-state index contributed by atoms with van der Waals surface area (Å²) >= 11 is 0. The highest BCUT2D eigenvalue weighted by Crippen LogP contribution is 2.19. The summed E-state index contributed by atoms with van der Waals surface area (Å²) in [6.07, 6.45) is 5.22. The average Bonchev–Trinajstić information content (AvgIpc) is 1.88. The van der Waals surface area contributed by atoms with Gasteiger partial charge in [0.25, 0.3) is 0 Å². The van der Waals surface area contributed by atoms with E-state index in [2.05, 4.69) is 18.2 Å². The molecule has 0 amide bonds. The van der Waals surface area contributed by atoms with E-state index >= 15 is 0 Å². The Balaban J connectivity index is 3.80.